The third kappa shape index (κ3) is 3.24. The van der Waals surface area contributed by atoms with Gasteiger partial charge in [0.2, 0.25) is 0 Å². The zero-order valence-corrected chi connectivity index (χ0v) is 19.6. The topological polar surface area (TPSA) is 43.4 Å². The van der Waals surface area contributed by atoms with Gasteiger partial charge in [-0.15, -0.1) is 0 Å². The maximum Gasteiger partial charge on any atom is 0.190 e. The number of carbonyl (C=O) groups is 1. The first-order chi connectivity index (χ1) is 14.7. The number of para-hydroxylation sites is 1. The number of aryl methyl sites for hydroxylation is 3. The van der Waals surface area contributed by atoms with Crippen LogP contribution in [-0.2, 0) is 13.9 Å². The molecular weight excluding hydrogens is 426 g/mol. The molecule has 1 aliphatic heterocycles. The number of benzene rings is 3. The van der Waals surface area contributed by atoms with E-state index >= 15 is 0 Å². The highest BCUT2D eigenvalue weighted by Gasteiger charge is 2.61. The lowest BCUT2D eigenvalue weighted by molar-refractivity contribution is -0.310. The minimum absolute atomic E-state index is 0.471. The molecule has 0 radical (unpaired) electrons. The molecule has 3 atom stereocenters. The number of halogens is 1. The van der Waals surface area contributed by atoms with E-state index in [1.807, 2.05) is 100 Å². The molecule has 1 aliphatic rings. The first-order valence-corrected chi connectivity index (χ1v) is 11.5. The molecule has 3 nitrogen and oxygen atoms in total. The summed E-state index contributed by atoms with van der Waals surface area (Å²) in [6.45, 7) is 7.90. The first kappa shape index (κ1) is 21.8. The van der Waals surface area contributed by atoms with E-state index in [0.717, 1.165) is 33.5 Å². The van der Waals surface area contributed by atoms with Crippen LogP contribution in [0, 0.1) is 20.8 Å². The smallest absolute Gasteiger partial charge is 0.190 e. The molecule has 1 heterocycles. The van der Waals surface area contributed by atoms with Gasteiger partial charge >= 0.3 is 0 Å². The van der Waals surface area contributed by atoms with Crippen molar-refractivity contribution in [2.75, 3.05) is 4.90 Å². The Kier molecular flexibility index (Phi) is 5.57. The van der Waals surface area contributed by atoms with Crippen LogP contribution in [0.1, 0.15) is 34.7 Å². The Bertz CT molecular complexity index is 1150. The van der Waals surface area contributed by atoms with Gasteiger partial charge in [0, 0.05) is 11.3 Å². The molecule has 0 bridgehead atoms. The molecule has 31 heavy (non-hydrogen) atoms. The zero-order chi connectivity index (χ0) is 22.4. The van der Waals surface area contributed by atoms with Crippen molar-refractivity contribution in [2.24, 2.45) is 0 Å². The summed E-state index contributed by atoms with van der Waals surface area (Å²) in [7, 11) is 0. The lowest BCUT2D eigenvalue weighted by atomic mass is 9.87. The van der Waals surface area contributed by atoms with Gasteiger partial charge in [-0.3, -0.25) is 0 Å². The summed E-state index contributed by atoms with van der Waals surface area (Å²) >= 11 is 8.75. The van der Waals surface area contributed by atoms with E-state index in [4.69, 9.17) is 11.6 Å². The second kappa shape index (κ2) is 7.92. The number of carboxylic acid groups (broad SMARTS) is 1. The van der Waals surface area contributed by atoms with Crippen molar-refractivity contribution in [3.8, 4) is 0 Å². The van der Waals surface area contributed by atoms with Crippen LogP contribution >= 0.6 is 23.4 Å². The Balaban J connectivity index is 2.05. The number of carboxylic acids is 1. The number of hydrogen-bond donors (Lipinski definition) is 0. The van der Waals surface area contributed by atoms with Crippen molar-refractivity contribution in [1.29, 1.82) is 0 Å². The predicted octanol–water partition coefficient (Wildman–Crippen LogP) is 5.25. The number of rotatable bonds is 4. The van der Waals surface area contributed by atoms with Gasteiger partial charge in [0.15, 0.2) is 4.33 Å². The lowest BCUT2D eigenvalue weighted by Gasteiger charge is -2.39. The van der Waals surface area contributed by atoms with Gasteiger partial charge in [-0.2, -0.15) is 0 Å². The molecule has 0 amide bonds. The van der Waals surface area contributed by atoms with Gasteiger partial charge in [-0.05, 0) is 56.0 Å². The highest BCUT2D eigenvalue weighted by molar-refractivity contribution is 8.03. The predicted molar refractivity (Wildman–Crippen MR) is 127 cm³/mol. The number of aliphatic carboxylic acids is 1. The van der Waals surface area contributed by atoms with Gasteiger partial charge in [0.05, 0.1) is 12.0 Å². The lowest BCUT2D eigenvalue weighted by Crippen LogP contribution is -2.52. The molecule has 0 aromatic heterocycles. The largest absolute Gasteiger partial charge is 0.548 e. The minimum atomic E-state index is -1.35. The van der Waals surface area contributed by atoms with E-state index in [0.29, 0.717) is 0 Å². The van der Waals surface area contributed by atoms with Crippen LogP contribution in [0.2, 0.25) is 0 Å². The molecule has 1 saturated heterocycles. The van der Waals surface area contributed by atoms with Crippen molar-refractivity contribution in [1.82, 2.24) is 0 Å². The second-order valence-corrected chi connectivity index (χ2v) is 10.4. The summed E-state index contributed by atoms with van der Waals surface area (Å²) in [4.78, 5) is 15.0. The van der Waals surface area contributed by atoms with Crippen molar-refractivity contribution in [3.63, 3.8) is 0 Å². The molecule has 3 aromatic carbocycles. The summed E-state index contributed by atoms with van der Waals surface area (Å²) in [5.74, 6) is -1.13. The quantitative estimate of drug-likeness (QED) is 0.402. The van der Waals surface area contributed by atoms with Crippen LogP contribution in [0.3, 0.4) is 0 Å². The minimum Gasteiger partial charge on any atom is -0.548 e. The van der Waals surface area contributed by atoms with E-state index in [-0.39, 0.29) is 0 Å². The van der Waals surface area contributed by atoms with E-state index in [1.54, 1.807) is 0 Å². The molecule has 0 N–H and O–H groups in total. The molecular formula is C26H25ClNO2S-. The number of thioether (sulfide) groups is 1. The first-order valence-electron chi connectivity index (χ1n) is 10.3. The number of carbonyl (C=O) groups excluding carboxylic acids is 1. The summed E-state index contributed by atoms with van der Waals surface area (Å²) in [6.07, 6.45) is 0. The molecule has 4 rings (SSSR count). The Morgan fingerprint density at radius 3 is 1.87 bits per heavy atom. The highest BCUT2D eigenvalue weighted by Crippen LogP contribution is 2.65. The SMILES string of the molecule is Cc1ccccc1N1C(C)C(C(=O)[O-])(c2ccccc2C)SC1(Cl)c1ccccc1C. The van der Waals surface area contributed by atoms with Crippen molar-refractivity contribution in [3.05, 3.63) is 101 Å². The van der Waals surface area contributed by atoms with Gasteiger partial charge < -0.3 is 14.8 Å². The summed E-state index contributed by atoms with van der Waals surface area (Å²) < 4.78 is -2.48. The second-order valence-electron chi connectivity index (χ2n) is 8.15. The Morgan fingerprint density at radius 2 is 1.35 bits per heavy atom. The summed E-state index contributed by atoms with van der Waals surface area (Å²) in [5, 5.41) is 12.9. The van der Waals surface area contributed by atoms with Crippen LogP contribution in [0.25, 0.3) is 0 Å². The maximum atomic E-state index is 12.9. The van der Waals surface area contributed by atoms with Crippen molar-refractivity contribution < 1.29 is 9.90 Å². The van der Waals surface area contributed by atoms with E-state index < -0.39 is 21.1 Å². The molecule has 0 saturated carbocycles. The molecule has 3 unspecified atom stereocenters. The summed E-state index contributed by atoms with van der Waals surface area (Å²) in [6, 6.07) is 23.0. The standard InChI is InChI=1S/C26H26ClNO2S/c1-17-11-5-8-14-21(17)25(24(29)30)20(4)28(23-16-10-7-13-19(23)3)26(27,31-25)22-15-9-6-12-18(22)2/h5-16,20H,1-4H3,(H,29,30)/p-1. The average Bonchev–Trinajstić information content (AvgIpc) is 2.98. The molecule has 1 fully saturated rings. The number of alkyl halides is 1. The van der Waals surface area contributed by atoms with Gasteiger partial charge in [-0.1, -0.05) is 90.1 Å². The van der Waals surface area contributed by atoms with Crippen molar-refractivity contribution in [2.45, 2.75) is 42.8 Å². The fourth-order valence-electron chi connectivity index (χ4n) is 4.67. The molecule has 0 aliphatic carbocycles. The zero-order valence-electron chi connectivity index (χ0n) is 18.1. The highest BCUT2D eigenvalue weighted by atomic mass is 35.5. The molecule has 3 aromatic rings. The third-order valence-corrected chi connectivity index (χ3v) is 8.64. The van der Waals surface area contributed by atoms with Crippen molar-refractivity contribution >= 4 is 35.0 Å². The van der Waals surface area contributed by atoms with Gasteiger partial charge in [0.25, 0.3) is 0 Å². The van der Waals surface area contributed by atoms with Crippen LogP contribution in [0.15, 0.2) is 72.8 Å². The maximum absolute atomic E-state index is 12.9. The number of hydrogen-bond acceptors (Lipinski definition) is 4. The Morgan fingerprint density at radius 1 is 0.871 bits per heavy atom. The third-order valence-electron chi connectivity index (χ3n) is 6.28. The van der Waals surface area contributed by atoms with Gasteiger partial charge in [-0.25, -0.2) is 0 Å². The molecule has 5 heteroatoms. The fourth-order valence-corrected chi connectivity index (χ4v) is 7.30. The summed E-state index contributed by atoms with van der Waals surface area (Å²) in [5.41, 5.74) is 5.47. The molecule has 160 valence electrons. The number of nitrogens with zero attached hydrogens (tertiary/aromatic N) is 1. The average molecular weight is 451 g/mol. The van der Waals surface area contributed by atoms with E-state index in [1.165, 1.54) is 11.8 Å². The monoisotopic (exact) mass is 450 g/mol. The number of anilines is 1. The van der Waals surface area contributed by atoms with E-state index in [2.05, 4.69) is 4.90 Å². The fraction of sp³-hybridized carbons (Fsp3) is 0.269. The van der Waals surface area contributed by atoms with Crippen LogP contribution < -0.4 is 10.0 Å². The molecule has 0 spiro atoms. The Hall–Kier alpha value is -2.43. The van der Waals surface area contributed by atoms with Gasteiger partial charge in [0.1, 0.15) is 4.75 Å². The normalized spacial score (nSPS) is 25.6. The van der Waals surface area contributed by atoms with E-state index in [9.17, 15) is 9.90 Å². The Labute approximate surface area is 193 Å². The van der Waals surface area contributed by atoms with Crippen LogP contribution in [0.4, 0.5) is 5.69 Å². The van der Waals surface area contributed by atoms with Crippen LogP contribution in [-0.4, -0.2) is 12.0 Å². The van der Waals surface area contributed by atoms with Crippen LogP contribution in [0.5, 0.6) is 0 Å².